The Kier molecular flexibility index (Phi) is 8.77. The van der Waals surface area contributed by atoms with Crippen molar-refractivity contribution in [1.29, 1.82) is 0 Å². The van der Waals surface area contributed by atoms with E-state index >= 15 is 0 Å². The quantitative estimate of drug-likeness (QED) is 0.303. The first-order valence-corrected chi connectivity index (χ1v) is 9.46. The molecule has 28 heavy (non-hydrogen) atoms. The predicted molar refractivity (Wildman–Crippen MR) is 103 cm³/mol. The number of carbonyl (C=O) groups is 1. The summed E-state index contributed by atoms with van der Waals surface area (Å²) < 4.78 is 35.5. The summed E-state index contributed by atoms with van der Waals surface area (Å²) in [4.78, 5) is 15.7. The Labute approximate surface area is 163 Å². The first-order chi connectivity index (χ1) is 13.5. The van der Waals surface area contributed by atoms with Gasteiger partial charge < -0.3 is 25.4 Å². The third-order valence-electron chi connectivity index (χ3n) is 4.06. The van der Waals surface area contributed by atoms with Gasteiger partial charge in [0.1, 0.15) is 11.5 Å². The lowest BCUT2D eigenvalue weighted by Gasteiger charge is -2.16. The summed E-state index contributed by atoms with van der Waals surface area (Å²) in [5.41, 5.74) is 0.550. The van der Waals surface area contributed by atoms with Gasteiger partial charge in [-0.05, 0) is 31.4 Å². The number of hydrogen-bond acceptors (Lipinski definition) is 4. The van der Waals surface area contributed by atoms with Crippen molar-refractivity contribution >= 4 is 11.9 Å². The summed E-state index contributed by atoms with van der Waals surface area (Å²) in [7, 11) is 1.61. The number of benzene rings is 1. The van der Waals surface area contributed by atoms with Crippen LogP contribution in [-0.4, -0.2) is 45.2 Å². The van der Waals surface area contributed by atoms with E-state index in [-0.39, 0.29) is 24.1 Å². The number of aliphatic imine (C=N–C) groups is 1. The van der Waals surface area contributed by atoms with Gasteiger partial charge in [0.2, 0.25) is 5.91 Å². The van der Waals surface area contributed by atoms with Gasteiger partial charge in [-0.25, -0.2) is 0 Å². The lowest BCUT2D eigenvalue weighted by Crippen LogP contribution is -2.41. The SMILES string of the molecule is CCCOc1ccc(CNC(=NC)NCCNC(=O)C2CC2)c(OC(F)F)c1. The molecule has 0 radical (unpaired) electrons. The number of nitrogens with one attached hydrogen (secondary N) is 3. The van der Waals surface area contributed by atoms with Gasteiger partial charge in [-0.2, -0.15) is 8.78 Å². The molecule has 2 rings (SSSR count). The van der Waals surface area contributed by atoms with Crippen molar-refractivity contribution in [1.82, 2.24) is 16.0 Å². The van der Waals surface area contributed by atoms with Crippen LogP contribution in [0.4, 0.5) is 8.78 Å². The smallest absolute Gasteiger partial charge is 0.387 e. The van der Waals surface area contributed by atoms with Gasteiger partial charge in [-0.3, -0.25) is 9.79 Å². The molecule has 3 N–H and O–H groups in total. The molecule has 1 amide bonds. The number of amides is 1. The van der Waals surface area contributed by atoms with Crippen molar-refractivity contribution in [2.45, 2.75) is 39.3 Å². The molecule has 7 nitrogen and oxygen atoms in total. The van der Waals surface area contributed by atoms with E-state index in [2.05, 4.69) is 25.7 Å². The molecular weight excluding hydrogens is 370 g/mol. The van der Waals surface area contributed by atoms with Crippen LogP contribution < -0.4 is 25.4 Å². The van der Waals surface area contributed by atoms with Crippen LogP contribution in [0.5, 0.6) is 11.5 Å². The van der Waals surface area contributed by atoms with Gasteiger partial charge in [0.15, 0.2) is 5.96 Å². The number of carbonyl (C=O) groups excluding carboxylic acids is 1. The summed E-state index contributed by atoms with van der Waals surface area (Å²) >= 11 is 0. The molecule has 0 aliphatic heterocycles. The van der Waals surface area contributed by atoms with E-state index in [0.717, 1.165) is 19.3 Å². The van der Waals surface area contributed by atoms with Crippen molar-refractivity contribution in [2.75, 3.05) is 26.7 Å². The molecule has 0 heterocycles. The summed E-state index contributed by atoms with van der Waals surface area (Å²) in [6.07, 6.45) is 2.75. The molecule has 1 saturated carbocycles. The molecule has 0 aromatic heterocycles. The molecule has 9 heteroatoms. The predicted octanol–water partition coefficient (Wildman–Crippen LogP) is 2.27. The largest absolute Gasteiger partial charge is 0.493 e. The van der Waals surface area contributed by atoms with E-state index < -0.39 is 6.61 Å². The van der Waals surface area contributed by atoms with Gasteiger partial charge in [0.25, 0.3) is 0 Å². The van der Waals surface area contributed by atoms with Crippen LogP contribution in [0.2, 0.25) is 0 Å². The van der Waals surface area contributed by atoms with E-state index in [1.54, 1.807) is 19.2 Å². The number of rotatable bonds is 11. The van der Waals surface area contributed by atoms with Crippen molar-refractivity contribution in [3.05, 3.63) is 23.8 Å². The van der Waals surface area contributed by atoms with Crippen molar-refractivity contribution in [3.8, 4) is 11.5 Å². The summed E-state index contributed by atoms with van der Waals surface area (Å²) in [6, 6.07) is 4.86. The van der Waals surface area contributed by atoms with Gasteiger partial charge in [-0.1, -0.05) is 6.92 Å². The maximum absolute atomic E-state index is 12.7. The average Bonchev–Trinajstić information content (AvgIpc) is 3.51. The number of alkyl halides is 2. The van der Waals surface area contributed by atoms with Crippen molar-refractivity contribution < 1.29 is 23.0 Å². The van der Waals surface area contributed by atoms with Crippen LogP contribution in [0.15, 0.2) is 23.2 Å². The van der Waals surface area contributed by atoms with Crippen molar-refractivity contribution in [2.24, 2.45) is 10.9 Å². The fraction of sp³-hybridized carbons (Fsp3) is 0.579. The van der Waals surface area contributed by atoms with Crippen LogP contribution in [0.25, 0.3) is 0 Å². The number of nitrogens with zero attached hydrogens (tertiary/aromatic N) is 1. The van der Waals surface area contributed by atoms with Crippen LogP contribution in [-0.2, 0) is 11.3 Å². The zero-order valence-electron chi connectivity index (χ0n) is 16.3. The molecule has 1 aromatic rings. The number of hydrogen-bond donors (Lipinski definition) is 3. The fourth-order valence-electron chi connectivity index (χ4n) is 2.45. The molecule has 0 spiro atoms. The van der Waals surface area contributed by atoms with Gasteiger partial charge >= 0.3 is 6.61 Å². The molecule has 156 valence electrons. The molecule has 1 aromatic carbocycles. The number of ether oxygens (including phenoxy) is 2. The Morgan fingerprint density at radius 1 is 1.25 bits per heavy atom. The van der Waals surface area contributed by atoms with Gasteiger partial charge in [0.05, 0.1) is 6.61 Å². The first-order valence-electron chi connectivity index (χ1n) is 9.46. The van der Waals surface area contributed by atoms with Crippen LogP contribution in [0.3, 0.4) is 0 Å². The van der Waals surface area contributed by atoms with Crippen LogP contribution in [0.1, 0.15) is 31.7 Å². The Balaban J connectivity index is 1.84. The maximum Gasteiger partial charge on any atom is 0.387 e. The summed E-state index contributed by atoms with van der Waals surface area (Å²) in [5.74, 6) is 1.30. The van der Waals surface area contributed by atoms with E-state index in [4.69, 9.17) is 4.74 Å². The number of halogens is 2. The van der Waals surface area contributed by atoms with Crippen LogP contribution >= 0.6 is 0 Å². The highest BCUT2D eigenvalue weighted by molar-refractivity contribution is 5.81. The zero-order chi connectivity index (χ0) is 20.4. The molecular formula is C19H28F2N4O3. The van der Waals surface area contributed by atoms with E-state index in [0.29, 0.717) is 37.0 Å². The second-order valence-electron chi connectivity index (χ2n) is 6.41. The highest BCUT2D eigenvalue weighted by atomic mass is 19.3. The monoisotopic (exact) mass is 398 g/mol. The lowest BCUT2D eigenvalue weighted by atomic mass is 10.2. The van der Waals surface area contributed by atoms with E-state index in [1.165, 1.54) is 6.07 Å². The molecule has 0 saturated heterocycles. The molecule has 1 aliphatic carbocycles. The van der Waals surface area contributed by atoms with E-state index in [1.807, 2.05) is 6.92 Å². The highest BCUT2D eigenvalue weighted by Crippen LogP contribution is 2.28. The molecule has 0 bridgehead atoms. The average molecular weight is 398 g/mol. The fourth-order valence-corrected chi connectivity index (χ4v) is 2.45. The third kappa shape index (κ3) is 7.58. The van der Waals surface area contributed by atoms with E-state index in [9.17, 15) is 13.6 Å². The normalized spacial score (nSPS) is 14.0. The molecule has 1 fully saturated rings. The standard InChI is InChI=1S/C19H28F2N4O3/c1-3-10-27-15-7-6-14(16(11-15)28-18(20)21)12-25-19(22-2)24-9-8-23-17(26)13-4-5-13/h6-7,11,13,18H,3-5,8-10,12H2,1-2H3,(H,23,26)(H2,22,24,25). The molecule has 1 aliphatic rings. The number of guanidine groups is 1. The Hall–Kier alpha value is -2.58. The topological polar surface area (TPSA) is 84.0 Å². The Morgan fingerprint density at radius 3 is 2.64 bits per heavy atom. The summed E-state index contributed by atoms with van der Waals surface area (Å²) in [6.45, 7) is 0.767. The highest BCUT2D eigenvalue weighted by Gasteiger charge is 2.28. The molecule has 0 unspecified atom stereocenters. The zero-order valence-corrected chi connectivity index (χ0v) is 16.3. The second-order valence-corrected chi connectivity index (χ2v) is 6.41. The summed E-state index contributed by atoms with van der Waals surface area (Å²) in [5, 5.41) is 8.96. The van der Waals surface area contributed by atoms with Gasteiger partial charge in [0, 0.05) is 44.2 Å². The molecule has 0 atom stereocenters. The second kappa shape index (κ2) is 11.3. The minimum atomic E-state index is -2.92. The van der Waals surface area contributed by atoms with Gasteiger partial charge in [-0.15, -0.1) is 0 Å². The Bertz CT molecular complexity index is 667. The minimum absolute atomic E-state index is 0.0586. The van der Waals surface area contributed by atoms with Crippen molar-refractivity contribution in [3.63, 3.8) is 0 Å². The minimum Gasteiger partial charge on any atom is -0.493 e. The van der Waals surface area contributed by atoms with Crippen LogP contribution in [0, 0.1) is 5.92 Å². The maximum atomic E-state index is 12.7. The third-order valence-corrected chi connectivity index (χ3v) is 4.06. The lowest BCUT2D eigenvalue weighted by molar-refractivity contribution is -0.122. The first kappa shape index (κ1) is 21.7. The Morgan fingerprint density at radius 2 is 2.00 bits per heavy atom.